The summed E-state index contributed by atoms with van der Waals surface area (Å²) in [7, 11) is 0. The van der Waals surface area contributed by atoms with Crippen molar-refractivity contribution in [2.75, 3.05) is 13.1 Å². The molecule has 5 nitrogen and oxygen atoms in total. The van der Waals surface area contributed by atoms with Crippen LogP contribution in [0.2, 0.25) is 0 Å². The van der Waals surface area contributed by atoms with E-state index in [0.29, 0.717) is 12.0 Å². The molecule has 0 atom stereocenters. The van der Waals surface area contributed by atoms with E-state index in [1.807, 2.05) is 29.3 Å². The summed E-state index contributed by atoms with van der Waals surface area (Å²) in [6.45, 7) is 10.1. The van der Waals surface area contributed by atoms with Crippen molar-refractivity contribution in [3.05, 3.63) is 53.2 Å². The maximum Gasteiger partial charge on any atom is 0.253 e. The van der Waals surface area contributed by atoms with Gasteiger partial charge in [0.05, 0.1) is 0 Å². The summed E-state index contributed by atoms with van der Waals surface area (Å²) in [6, 6.07) is 6.42. The Hall–Kier alpha value is -2.56. The summed E-state index contributed by atoms with van der Waals surface area (Å²) in [6.07, 6.45) is 5.90. The number of likely N-dealkylation sites (tertiary alicyclic amines) is 1. The molecule has 1 aliphatic rings. The third-order valence-corrected chi connectivity index (χ3v) is 5.96. The smallest absolute Gasteiger partial charge is 0.253 e. The topological polar surface area (TPSA) is 53.9 Å². The summed E-state index contributed by atoms with van der Waals surface area (Å²) >= 11 is 0. The molecule has 3 aromatic rings. The minimum Gasteiger partial charge on any atom is -0.358 e. The van der Waals surface area contributed by atoms with E-state index in [2.05, 4.69) is 48.4 Å². The van der Waals surface area contributed by atoms with Gasteiger partial charge in [0, 0.05) is 59.6 Å². The third-order valence-electron chi connectivity index (χ3n) is 5.96. The quantitative estimate of drug-likeness (QED) is 0.739. The standard InChI is InChI=1S/C22H28N4O/c1-14(2)26-12-9-23-21(26)17-7-10-25(11-8-17)22(27)18-5-6-20-19(13-18)15(3)16(4)24-20/h5-6,9,12-14,17,24H,7-8,10-11H2,1-4H3. The number of H-pyrrole nitrogens is 1. The van der Waals surface area contributed by atoms with Crippen LogP contribution in [0, 0.1) is 13.8 Å². The van der Waals surface area contributed by atoms with Crippen molar-refractivity contribution in [3.63, 3.8) is 0 Å². The number of aromatic amines is 1. The molecule has 0 saturated carbocycles. The molecule has 4 rings (SSSR count). The van der Waals surface area contributed by atoms with Crippen molar-refractivity contribution >= 4 is 16.8 Å². The van der Waals surface area contributed by atoms with E-state index >= 15 is 0 Å². The number of imidazole rings is 1. The first kappa shape index (κ1) is 17.8. The number of hydrogen-bond donors (Lipinski definition) is 1. The average molecular weight is 364 g/mol. The number of benzene rings is 1. The normalized spacial score (nSPS) is 15.8. The number of aryl methyl sites for hydroxylation is 2. The van der Waals surface area contributed by atoms with Gasteiger partial charge in [-0.15, -0.1) is 0 Å². The number of nitrogens with zero attached hydrogens (tertiary/aromatic N) is 3. The molecule has 142 valence electrons. The second kappa shape index (κ2) is 6.87. The van der Waals surface area contributed by atoms with E-state index in [-0.39, 0.29) is 5.91 Å². The lowest BCUT2D eigenvalue weighted by Gasteiger charge is -2.32. The van der Waals surface area contributed by atoms with E-state index in [4.69, 9.17) is 0 Å². The predicted molar refractivity (Wildman–Crippen MR) is 108 cm³/mol. The zero-order valence-corrected chi connectivity index (χ0v) is 16.6. The van der Waals surface area contributed by atoms with Gasteiger partial charge in [0.2, 0.25) is 0 Å². The van der Waals surface area contributed by atoms with Gasteiger partial charge in [-0.25, -0.2) is 4.98 Å². The summed E-state index contributed by atoms with van der Waals surface area (Å²) in [5, 5.41) is 1.15. The Morgan fingerprint density at radius 3 is 2.67 bits per heavy atom. The number of rotatable bonds is 3. The molecule has 1 fully saturated rings. The Morgan fingerprint density at radius 1 is 1.22 bits per heavy atom. The minimum absolute atomic E-state index is 0.140. The molecule has 0 unspecified atom stereocenters. The number of hydrogen-bond acceptors (Lipinski definition) is 2. The molecule has 27 heavy (non-hydrogen) atoms. The lowest BCUT2D eigenvalue weighted by Crippen LogP contribution is -2.38. The van der Waals surface area contributed by atoms with Crippen LogP contribution in [-0.2, 0) is 0 Å². The molecule has 2 aromatic heterocycles. The highest BCUT2D eigenvalue weighted by Gasteiger charge is 2.27. The van der Waals surface area contributed by atoms with Crippen LogP contribution < -0.4 is 0 Å². The van der Waals surface area contributed by atoms with Crippen LogP contribution in [0.25, 0.3) is 10.9 Å². The molecule has 1 aromatic carbocycles. The van der Waals surface area contributed by atoms with Crippen LogP contribution in [0.5, 0.6) is 0 Å². The SMILES string of the molecule is Cc1[nH]c2ccc(C(=O)N3CCC(c4nccn4C(C)C)CC3)cc2c1C. The Bertz CT molecular complexity index is 974. The lowest BCUT2D eigenvalue weighted by molar-refractivity contribution is 0.0710. The molecule has 1 saturated heterocycles. The molecule has 0 bridgehead atoms. The van der Waals surface area contributed by atoms with Crippen LogP contribution in [0.1, 0.15) is 66.1 Å². The van der Waals surface area contributed by atoms with Crippen molar-refractivity contribution in [3.8, 4) is 0 Å². The molecule has 5 heteroatoms. The monoisotopic (exact) mass is 364 g/mol. The van der Waals surface area contributed by atoms with E-state index in [1.165, 1.54) is 5.56 Å². The van der Waals surface area contributed by atoms with Crippen molar-refractivity contribution in [2.45, 2.75) is 52.5 Å². The Kier molecular flexibility index (Phi) is 4.54. The number of fused-ring (bicyclic) bond motifs is 1. The van der Waals surface area contributed by atoms with E-state index in [9.17, 15) is 4.79 Å². The van der Waals surface area contributed by atoms with E-state index in [0.717, 1.165) is 53.9 Å². The van der Waals surface area contributed by atoms with Crippen LogP contribution in [0.3, 0.4) is 0 Å². The van der Waals surface area contributed by atoms with Crippen molar-refractivity contribution in [1.29, 1.82) is 0 Å². The molecule has 3 heterocycles. The van der Waals surface area contributed by atoms with Gasteiger partial charge in [0.15, 0.2) is 0 Å². The molecule has 0 aliphatic carbocycles. The molecular formula is C22H28N4O. The second-order valence-electron chi connectivity index (χ2n) is 7.99. The summed E-state index contributed by atoms with van der Waals surface area (Å²) in [4.78, 5) is 23.0. The average Bonchev–Trinajstić information content (AvgIpc) is 3.27. The van der Waals surface area contributed by atoms with Gasteiger partial charge in [-0.3, -0.25) is 4.79 Å². The fourth-order valence-electron chi connectivity index (χ4n) is 4.20. The first-order chi connectivity index (χ1) is 13.0. The first-order valence-corrected chi connectivity index (χ1v) is 9.86. The van der Waals surface area contributed by atoms with Crippen LogP contribution in [0.15, 0.2) is 30.6 Å². The number of carbonyl (C=O) groups excluding carboxylic acids is 1. The highest BCUT2D eigenvalue weighted by Crippen LogP contribution is 2.30. The zero-order valence-electron chi connectivity index (χ0n) is 16.6. The van der Waals surface area contributed by atoms with Gasteiger partial charge in [-0.1, -0.05) is 0 Å². The van der Waals surface area contributed by atoms with Gasteiger partial charge in [0.25, 0.3) is 5.91 Å². The van der Waals surface area contributed by atoms with Crippen LogP contribution in [0.4, 0.5) is 0 Å². The molecule has 1 aliphatic heterocycles. The maximum atomic E-state index is 13.0. The molecule has 0 radical (unpaired) electrons. The number of piperidine rings is 1. The maximum absolute atomic E-state index is 13.0. The van der Waals surface area contributed by atoms with Crippen LogP contribution >= 0.6 is 0 Å². The largest absolute Gasteiger partial charge is 0.358 e. The highest BCUT2D eigenvalue weighted by molar-refractivity contribution is 5.99. The molecular weight excluding hydrogens is 336 g/mol. The van der Waals surface area contributed by atoms with Crippen LogP contribution in [-0.4, -0.2) is 38.4 Å². The Morgan fingerprint density at radius 2 is 1.96 bits per heavy atom. The number of aromatic nitrogens is 3. The second-order valence-corrected chi connectivity index (χ2v) is 7.99. The third kappa shape index (κ3) is 3.15. The van der Waals surface area contributed by atoms with Gasteiger partial charge in [-0.05, 0) is 64.3 Å². The van der Waals surface area contributed by atoms with Gasteiger partial charge in [0.1, 0.15) is 5.82 Å². The lowest BCUT2D eigenvalue weighted by atomic mass is 9.95. The highest BCUT2D eigenvalue weighted by atomic mass is 16.2. The summed E-state index contributed by atoms with van der Waals surface area (Å²) in [5.41, 5.74) is 4.27. The van der Waals surface area contributed by atoms with E-state index in [1.54, 1.807) is 0 Å². The van der Waals surface area contributed by atoms with E-state index < -0.39 is 0 Å². The van der Waals surface area contributed by atoms with Crippen molar-refractivity contribution in [2.24, 2.45) is 0 Å². The van der Waals surface area contributed by atoms with Gasteiger partial charge < -0.3 is 14.5 Å². The first-order valence-electron chi connectivity index (χ1n) is 9.86. The number of amides is 1. The minimum atomic E-state index is 0.140. The fraction of sp³-hybridized carbons (Fsp3) is 0.455. The summed E-state index contributed by atoms with van der Waals surface area (Å²) < 4.78 is 2.26. The zero-order chi connectivity index (χ0) is 19.1. The Labute approximate surface area is 160 Å². The summed E-state index contributed by atoms with van der Waals surface area (Å²) in [5.74, 6) is 1.74. The van der Waals surface area contributed by atoms with Gasteiger partial charge in [-0.2, -0.15) is 0 Å². The van der Waals surface area contributed by atoms with Crippen molar-refractivity contribution in [1.82, 2.24) is 19.4 Å². The number of nitrogens with one attached hydrogen (secondary N) is 1. The molecule has 1 amide bonds. The number of carbonyl (C=O) groups is 1. The molecule has 0 spiro atoms. The fourth-order valence-corrected chi connectivity index (χ4v) is 4.20. The Balaban J connectivity index is 1.49. The predicted octanol–water partition coefficient (Wildman–Crippen LogP) is 4.58. The van der Waals surface area contributed by atoms with Gasteiger partial charge >= 0.3 is 0 Å². The van der Waals surface area contributed by atoms with Crippen molar-refractivity contribution < 1.29 is 4.79 Å². The molecule has 1 N–H and O–H groups in total.